The van der Waals surface area contributed by atoms with Gasteiger partial charge in [0.2, 0.25) is 0 Å². The third-order valence-corrected chi connectivity index (χ3v) is 12.8. The molecule has 0 heterocycles. The Hall–Kier alpha value is -2.89. The van der Waals surface area contributed by atoms with Crippen LogP contribution < -0.4 is 0 Å². The van der Waals surface area contributed by atoms with Crippen LogP contribution in [0.5, 0.6) is 0 Å². The zero-order valence-electron chi connectivity index (χ0n) is 45.1. The fourth-order valence-corrected chi connectivity index (χ4v) is 8.37. The summed E-state index contributed by atoms with van der Waals surface area (Å²) in [7, 11) is 0. The van der Waals surface area contributed by atoms with Gasteiger partial charge in [-0.2, -0.15) is 0 Å². The van der Waals surface area contributed by atoms with E-state index in [4.69, 9.17) is 14.2 Å². The fourth-order valence-electron chi connectivity index (χ4n) is 8.37. The molecule has 0 fully saturated rings. The molecule has 0 saturated carbocycles. The number of allylic oxidation sites excluding steroid dienone is 10. The van der Waals surface area contributed by atoms with Crippen molar-refractivity contribution in [3.63, 3.8) is 0 Å². The lowest BCUT2D eigenvalue weighted by Gasteiger charge is -2.18. The number of hydrogen-bond donors (Lipinski definition) is 0. The summed E-state index contributed by atoms with van der Waals surface area (Å²) in [6, 6.07) is 0. The van der Waals surface area contributed by atoms with Gasteiger partial charge in [-0.25, -0.2) is 0 Å². The van der Waals surface area contributed by atoms with Crippen molar-refractivity contribution < 1.29 is 28.6 Å². The van der Waals surface area contributed by atoms with Gasteiger partial charge in [0.05, 0.1) is 0 Å². The Kier molecular flexibility index (Phi) is 54.3. The molecule has 6 nitrogen and oxygen atoms in total. The summed E-state index contributed by atoms with van der Waals surface area (Å²) in [6.45, 7) is 6.53. The largest absolute Gasteiger partial charge is 0.462 e. The van der Waals surface area contributed by atoms with Crippen molar-refractivity contribution in [3.8, 4) is 0 Å². The van der Waals surface area contributed by atoms with Crippen LogP contribution in [0.4, 0.5) is 0 Å². The SMILES string of the molecule is CC/C=C\C/C=C\C/C=C\C/C=C\CCCCCCCCC(=O)OCC(COC(=O)CCCCC/C=C\CCCCCCCCC)OC(=O)CCCCCCCCCCCCCCCCCCC. The summed E-state index contributed by atoms with van der Waals surface area (Å²) in [5.41, 5.74) is 0. The van der Waals surface area contributed by atoms with E-state index in [1.54, 1.807) is 0 Å². The molecule has 0 aromatic heterocycles. The van der Waals surface area contributed by atoms with Crippen LogP contribution in [0.3, 0.4) is 0 Å². The van der Waals surface area contributed by atoms with Crippen LogP contribution in [-0.2, 0) is 28.6 Å². The minimum atomic E-state index is -0.784. The molecule has 1 atom stereocenters. The number of esters is 3. The molecule has 394 valence electrons. The van der Waals surface area contributed by atoms with Gasteiger partial charge in [-0.05, 0) is 83.5 Å². The molecule has 0 N–H and O–H groups in total. The molecule has 0 saturated heterocycles. The van der Waals surface area contributed by atoms with E-state index in [9.17, 15) is 14.4 Å². The van der Waals surface area contributed by atoms with Gasteiger partial charge in [0.25, 0.3) is 0 Å². The molecular formula is C62H110O6. The fraction of sp³-hybridized carbons (Fsp3) is 0.790. The van der Waals surface area contributed by atoms with Crippen molar-refractivity contribution in [2.24, 2.45) is 0 Å². The molecule has 68 heavy (non-hydrogen) atoms. The van der Waals surface area contributed by atoms with Gasteiger partial charge in [-0.1, -0.05) is 255 Å². The number of hydrogen-bond acceptors (Lipinski definition) is 6. The Bertz CT molecular complexity index is 1230. The first-order valence-corrected chi connectivity index (χ1v) is 29.3. The Labute approximate surface area is 421 Å². The highest BCUT2D eigenvalue weighted by Crippen LogP contribution is 2.16. The zero-order chi connectivity index (χ0) is 49.3. The highest BCUT2D eigenvalue weighted by molar-refractivity contribution is 5.71. The lowest BCUT2D eigenvalue weighted by atomic mass is 10.0. The Morgan fingerprint density at radius 1 is 0.309 bits per heavy atom. The van der Waals surface area contributed by atoms with E-state index in [2.05, 4.69) is 81.5 Å². The van der Waals surface area contributed by atoms with Crippen molar-refractivity contribution in [1.29, 1.82) is 0 Å². The van der Waals surface area contributed by atoms with Crippen LogP contribution >= 0.6 is 0 Å². The third-order valence-electron chi connectivity index (χ3n) is 12.8. The number of carbonyl (C=O) groups excluding carboxylic acids is 3. The summed E-state index contributed by atoms with van der Waals surface area (Å²) >= 11 is 0. The third kappa shape index (κ3) is 54.1. The topological polar surface area (TPSA) is 78.9 Å². The molecule has 0 amide bonds. The first-order chi connectivity index (χ1) is 33.5. The molecule has 0 radical (unpaired) electrons. The lowest BCUT2D eigenvalue weighted by molar-refractivity contribution is -0.167. The predicted molar refractivity (Wildman–Crippen MR) is 293 cm³/mol. The number of carbonyl (C=O) groups is 3. The van der Waals surface area contributed by atoms with Gasteiger partial charge >= 0.3 is 17.9 Å². The van der Waals surface area contributed by atoms with Gasteiger partial charge in [0.1, 0.15) is 13.2 Å². The molecule has 0 aromatic rings. The molecule has 6 heteroatoms. The van der Waals surface area contributed by atoms with E-state index in [1.807, 2.05) is 0 Å². The summed E-state index contributed by atoms with van der Waals surface area (Å²) in [4.78, 5) is 38.2. The van der Waals surface area contributed by atoms with Crippen LogP contribution in [0, 0.1) is 0 Å². The van der Waals surface area contributed by atoms with E-state index in [0.717, 1.165) is 103 Å². The van der Waals surface area contributed by atoms with E-state index < -0.39 is 6.10 Å². The molecule has 0 aliphatic heterocycles. The number of rotatable bonds is 53. The second-order valence-electron chi connectivity index (χ2n) is 19.5. The normalized spacial score (nSPS) is 12.5. The first-order valence-electron chi connectivity index (χ1n) is 29.3. The van der Waals surface area contributed by atoms with Crippen LogP contribution in [0.2, 0.25) is 0 Å². The van der Waals surface area contributed by atoms with Gasteiger partial charge in [0.15, 0.2) is 6.10 Å². The maximum atomic E-state index is 12.9. The molecule has 0 aliphatic rings. The molecule has 0 aromatic carbocycles. The Morgan fingerprint density at radius 2 is 0.574 bits per heavy atom. The molecule has 0 spiro atoms. The second-order valence-corrected chi connectivity index (χ2v) is 19.5. The highest BCUT2D eigenvalue weighted by atomic mass is 16.6. The van der Waals surface area contributed by atoms with Crippen LogP contribution in [0.25, 0.3) is 0 Å². The quantitative estimate of drug-likeness (QED) is 0.0262. The van der Waals surface area contributed by atoms with Crippen LogP contribution in [-0.4, -0.2) is 37.2 Å². The maximum Gasteiger partial charge on any atom is 0.306 e. The molecule has 0 bridgehead atoms. The summed E-state index contributed by atoms with van der Waals surface area (Å²) in [5.74, 6) is -0.898. The molecule has 0 aliphatic carbocycles. The van der Waals surface area contributed by atoms with Gasteiger partial charge < -0.3 is 14.2 Å². The van der Waals surface area contributed by atoms with Crippen LogP contribution in [0.15, 0.2) is 60.8 Å². The molecular weight excluding hydrogens is 841 g/mol. The highest BCUT2D eigenvalue weighted by Gasteiger charge is 2.19. The van der Waals surface area contributed by atoms with Crippen molar-refractivity contribution in [1.82, 2.24) is 0 Å². The monoisotopic (exact) mass is 951 g/mol. The summed E-state index contributed by atoms with van der Waals surface area (Å²) in [5, 5.41) is 0. The predicted octanol–water partition coefficient (Wildman–Crippen LogP) is 19.6. The van der Waals surface area contributed by atoms with E-state index in [1.165, 1.54) is 154 Å². The second kappa shape index (κ2) is 56.7. The van der Waals surface area contributed by atoms with E-state index in [-0.39, 0.29) is 31.1 Å². The van der Waals surface area contributed by atoms with Crippen molar-refractivity contribution in [2.45, 2.75) is 303 Å². The smallest absolute Gasteiger partial charge is 0.306 e. The van der Waals surface area contributed by atoms with Crippen molar-refractivity contribution in [3.05, 3.63) is 60.8 Å². The van der Waals surface area contributed by atoms with Gasteiger partial charge in [0, 0.05) is 19.3 Å². The minimum absolute atomic E-state index is 0.0839. The summed E-state index contributed by atoms with van der Waals surface area (Å²) < 4.78 is 16.9. The zero-order valence-corrected chi connectivity index (χ0v) is 45.1. The van der Waals surface area contributed by atoms with Gasteiger partial charge in [-0.15, -0.1) is 0 Å². The summed E-state index contributed by atoms with van der Waals surface area (Å²) in [6.07, 6.45) is 70.7. The van der Waals surface area contributed by atoms with Gasteiger partial charge in [-0.3, -0.25) is 14.4 Å². The van der Waals surface area contributed by atoms with E-state index in [0.29, 0.717) is 19.3 Å². The lowest BCUT2D eigenvalue weighted by Crippen LogP contribution is -2.30. The van der Waals surface area contributed by atoms with Crippen molar-refractivity contribution >= 4 is 17.9 Å². The Morgan fingerprint density at radius 3 is 0.926 bits per heavy atom. The minimum Gasteiger partial charge on any atom is -0.462 e. The average molecular weight is 952 g/mol. The molecule has 0 rings (SSSR count). The van der Waals surface area contributed by atoms with Crippen molar-refractivity contribution in [2.75, 3.05) is 13.2 Å². The van der Waals surface area contributed by atoms with Crippen LogP contribution in [0.1, 0.15) is 297 Å². The number of ether oxygens (including phenoxy) is 3. The first kappa shape index (κ1) is 65.1. The Balaban J connectivity index is 4.39. The molecule has 1 unspecified atom stereocenters. The van der Waals surface area contributed by atoms with E-state index >= 15 is 0 Å². The number of unbranched alkanes of at least 4 members (excludes halogenated alkanes) is 32. The average Bonchev–Trinajstić information content (AvgIpc) is 3.34. The standard InChI is InChI=1S/C62H110O6/c1-4-7-10-13-16-19-22-25-28-30-31-33-34-37-40-43-46-49-52-55-61(64)67-58-59(57-66-60(63)54-51-48-45-42-39-36-27-24-21-18-15-12-9-6-3)68-62(65)56-53-50-47-44-41-38-35-32-29-26-23-20-17-14-11-8-5-2/h7,10,16,19,25,28,31,33,36,39,59H,4-6,8-9,11-15,17-18,20-24,26-27,29-30,32,34-35,37-38,40-58H2,1-3H3/b10-7-,19-16-,28-25-,33-31-,39-36-. The maximum absolute atomic E-state index is 12.9.